The van der Waals surface area contributed by atoms with Crippen LogP contribution in [-0.4, -0.2) is 53.2 Å². The van der Waals surface area contributed by atoms with Crippen LogP contribution in [0.1, 0.15) is 90.2 Å². The van der Waals surface area contributed by atoms with Gasteiger partial charge in [0.05, 0.1) is 22.8 Å². The zero-order valence-corrected chi connectivity index (χ0v) is 29.1. The van der Waals surface area contributed by atoms with Crippen LogP contribution in [0, 0.1) is 5.41 Å². The van der Waals surface area contributed by atoms with E-state index >= 15 is 0 Å². The normalized spacial score (nSPS) is 25.4. The first-order valence-corrected chi connectivity index (χ1v) is 19.2. The van der Waals surface area contributed by atoms with Crippen molar-refractivity contribution in [3.05, 3.63) is 118 Å². The molecule has 8 heteroatoms. The monoisotopic (exact) mass is 671 g/mol. The summed E-state index contributed by atoms with van der Waals surface area (Å²) in [6.07, 6.45) is 7.07. The first-order valence-electron chi connectivity index (χ1n) is 16.6. The van der Waals surface area contributed by atoms with Crippen LogP contribution in [0.15, 0.2) is 90.5 Å². The largest absolute Gasteiger partial charge is 0.393 e. The Bertz CT molecular complexity index is 1870. The van der Waals surface area contributed by atoms with Gasteiger partial charge in [-0.05, 0) is 98.1 Å². The van der Waals surface area contributed by atoms with Crippen LogP contribution in [-0.2, 0) is 23.0 Å². The molecule has 7 rings (SSSR count). The van der Waals surface area contributed by atoms with E-state index in [1.165, 1.54) is 27.5 Å². The van der Waals surface area contributed by atoms with Gasteiger partial charge in [0.2, 0.25) is 15.8 Å². The highest BCUT2D eigenvalue weighted by Gasteiger charge is 2.58. The highest BCUT2D eigenvalue weighted by molar-refractivity contribution is 7.88. The van der Waals surface area contributed by atoms with Gasteiger partial charge in [0.15, 0.2) is 0 Å². The lowest BCUT2D eigenvalue weighted by molar-refractivity contribution is -0.0731. The van der Waals surface area contributed by atoms with Crippen molar-refractivity contribution in [1.29, 1.82) is 0 Å². The summed E-state index contributed by atoms with van der Waals surface area (Å²) < 4.78 is 28.8. The fourth-order valence-electron chi connectivity index (χ4n) is 7.79. The van der Waals surface area contributed by atoms with E-state index in [1.54, 1.807) is 0 Å². The molecule has 0 radical (unpaired) electrons. The number of nitrogens with zero attached hydrogens (tertiary/aromatic N) is 1. The number of allylic oxidation sites excluding steroid dienone is 2. The molecule has 4 atom stereocenters. The Morgan fingerprint density at radius 3 is 2.49 bits per heavy atom. The smallest absolute Gasteiger partial charge is 0.211 e. The minimum Gasteiger partial charge on any atom is -0.393 e. The molecule has 0 aliphatic heterocycles. The Morgan fingerprint density at radius 2 is 1.74 bits per heavy atom. The number of sulfonamides is 1. The van der Waals surface area contributed by atoms with Crippen LogP contribution < -0.4 is 0 Å². The van der Waals surface area contributed by atoms with Crippen molar-refractivity contribution in [2.24, 2.45) is 5.41 Å². The highest BCUT2D eigenvalue weighted by Crippen LogP contribution is 2.59. The molecular formula is C39H45NO5S2. The third-order valence-corrected chi connectivity index (χ3v) is 13.0. The van der Waals surface area contributed by atoms with Gasteiger partial charge in [-0.2, -0.15) is 4.31 Å². The van der Waals surface area contributed by atoms with Gasteiger partial charge in [0, 0.05) is 28.8 Å². The van der Waals surface area contributed by atoms with Gasteiger partial charge in [0.1, 0.15) is 0 Å². The lowest BCUT2D eigenvalue weighted by Crippen LogP contribution is -2.53. The molecule has 0 spiro atoms. The van der Waals surface area contributed by atoms with Gasteiger partial charge in [-0.25, -0.2) is 8.42 Å². The number of carbonyl (C=O) groups excluding carboxylic acids is 1. The average molecular weight is 672 g/mol. The maximum atomic E-state index is 14.4. The molecule has 3 aromatic carbocycles. The van der Waals surface area contributed by atoms with Crippen molar-refractivity contribution in [2.45, 2.75) is 83.0 Å². The number of benzene rings is 3. The van der Waals surface area contributed by atoms with Crippen LogP contribution in [0.3, 0.4) is 0 Å². The number of rotatable bonds is 7. The Balaban J connectivity index is 1.45. The van der Waals surface area contributed by atoms with Gasteiger partial charge in [-0.3, -0.25) is 4.79 Å². The molecule has 0 amide bonds. The van der Waals surface area contributed by atoms with E-state index in [-0.39, 0.29) is 24.8 Å². The number of carbonyl (C=O) groups is 1. The molecule has 3 aliphatic rings. The number of aliphatic hydroxyl groups excluding tert-OH is 1. The molecule has 2 N–H and O–H groups in total. The predicted molar refractivity (Wildman–Crippen MR) is 190 cm³/mol. The van der Waals surface area contributed by atoms with Crippen LogP contribution in [0.5, 0.6) is 0 Å². The van der Waals surface area contributed by atoms with Gasteiger partial charge >= 0.3 is 0 Å². The highest BCUT2D eigenvalue weighted by atomic mass is 32.2. The summed E-state index contributed by atoms with van der Waals surface area (Å²) in [6, 6.07) is 25.4. The molecule has 1 fully saturated rings. The Morgan fingerprint density at radius 1 is 1.00 bits per heavy atom. The summed E-state index contributed by atoms with van der Waals surface area (Å²) in [5.74, 6) is -0.241. The van der Waals surface area contributed by atoms with Gasteiger partial charge in [0.25, 0.3) is 0 Å². The van der Waals surface area contributed by atoms with Crippen molar-refractivity contribution in [1.82, 2.24) is 4.31 Å². The third-order valence-electron chi connectivity index (χ3n) is 10.7. The van der Waals surface area contributed by atoms with Crippen LogP contribution in [0.25, 0.3) is 10.1 Å². The van der Waals surface area contributed by atoms with Crippen molar-refractivity contribution < 1.29 is 23.4 Å². The number of hydrogen-bond acceptors (Lipinski definition) is 6. The van der Waals surface area contributed by atoms with E-state index in [0.717, 1.165) is 33.2 Å². The summed E-state index contributed by atoms with van der Waals surface area (Å²) >= 11 is 1.48. The Labute approximate surface area is 282 Å². The standard InChI is InChI=1S/C39H45NO5S2/c1-27-10-9-20-38(2)34(19-21-39(38,43)26-40(47(3,44)45)25-28-11-5-4-6-12-28)32-18-16-29(22-31(41)17-15-27)23-33(32)37(42)36-24-30-13-7-8-14-35(30)46-36/h4-8,10-14,16,18,23-24,31,34,41,43H,9,15,17,19-22,25-26H2,1-3H3/t31-,34-,38-,39+/m0/s1. The van der Waals surface area contributed by atoms with E-state index in [1.807, 2.05) is 78.9 Å². The molecule has 1 heterocycles. The maximum Gasteiger partial charge on any atom is 0.211 e. The van der Waals surface area contributed by atoms with E-state index in [2.05, 4.69) is 19.9 Å². The molecule has 3 aliphatic carbocycles. The first-order chi connectivity index (χ1) is 22.4. The molecular weight excluding hydrogens is 627 g/mol. The fourth-order valence-corrected chi connectivity index (χ4v) is 9.64. The third kappa shape index (κ3) is 7.03. The lowest BCUT2D eigenvalue weighted by Gasteiger charge is -2.45. The first kappa shape index (κ1) is 33.7. The molecule has 0 unspecified atom stereocenters. The zero-order chi connectivity index (χ0) is 33.4. The average Bonchev–Trinajstić information content (AvgIpc) is 3.58. The summed E-state index contributed by atoms with van der Waals surface area (Å²) in [6.45, 7) is 4.32. The minimum absolute atomic E-state index is 0.0275. The second-order valence-corrected chi connectivity index (χ2v) is 17.0. The Kier molecular flexibility index (Phi) is 9.62. The van der Waals surface area contributed by atoms with Crippen molar-refractivity contribution in [3.8, 4) is 0 Å². The Hall–Kier alpha value is -3.14. The number of aliphatic hydroxyl groups is 2. The van der Waals surface area contributed by atoms with E-state index in [0.29, 0.717) is 49.0 Å². The molecule has 1 saturated carbocycles. The van der Waals surface area contributed by atoms with Gasteiger partial charge < -0.3 is 10.2 Å². The minimum atomic E-state index is -3.65. The number of thiophene rings is 1. The van der Waals surface area contributed by atoms with Gasteiger partial charge in [-0.15, -0.1) is 11.3 Å². The van der Waals surface area contributed by atoms with Crippen molar-refractivity contribution in [3.63, 3.8) is 0 Å². The summed E-state index contributed by atoms with van der Waals surface area (Å²) in [4.78, 5) is 15.1. The van der Waals surface area contributed by atoms with Crippen molar-refractivity contribution in [2.75, 3.05) is 12.8 Å². The summed E-state index contributed by atoms with van der Waals surface area (Å²) in [7, 11) is -3.65. The molecule has 1 aromatic heterocycles. The zero-order valence-electron chi connectivity index (χ0n) is 27.5. The SMILES string of the molecule is CC1=CCC[C@@]2(C)[C@@H](CC[C@@]2(O)CN(Cc2ccccc2)S(C)(=O)=O)c2ccc(cc2C(=O)c2cc3ccccc3s2)C[C@@H](O)CC1. The number of hydrogen-bond donors (Lipinski definition) is 2. The molecule has 248 valence electrons. The maximum absolute atomic E-state index is 14.4. The predicted octanol–water partition coefficient (Wildman–Crippen LogP) is 7.63. The summed E-state index contributed by atoms with van der Waals surface area (Å²) in [5.41, 5.74) is 2.39. The van der Waals surface area contributed by atoms with E-state index < -0.39 is 27.1 Å². The van der Waals surface area contributed by atoms with Gasteiger partial charge in [-0.1, -0.05) is 79.2 Å². The van der Waals surface area contributed by atoms with Crippen molar-refractivity contribution >= 4 is 37.2 Å². The molecule has 6 nitrogen and oxygen atoms in total. The lowest BCUT2D eigenvalue weighted by atomic mass is 9.65. The fraction of sp³-hybridized carbons (Fsp3) is 0.410. The molecule has 47 heavy (non-hydrogen) atoms. The van der Waals surface area contributed by atoms with Crippen LogP contribution in [0.2, 0.25) is 0 Å². The van der Waals surface area contributed by atoms with E-state index in [9.17, 15) is 23.4 Å². The van der Waals surface area contributed by atoms with Crippen LogP contribution in [0.4, 0.5) is 0 Å². The topological polar surface area (TPSA) is 94.9 Å². The molecule has 4 aromatic rings. The summed E-state index contributed by atoms with van der Waals surface area (Å²) in [5, 5.41) is 24.7. The second kappa shape index (κ2) is 13.4. The van der Waals surface area contributed by atoms with E-state index in [4.69, 9.17) is 0 Å². The second-order valence-electron chi connectivity index (χ2n) is 13.9. The quantitative estimate of drug-likeness (QED) is 0.156. The molecule has 0 saturated heterocycles. The van der Waals surface area contributed by atoms with Crippen LogP contribution >= 0.6 is 11.3 Å². The number of fused-ring (bicyclic) bond motifs is 9. The molecule has 2 bridgehead atoms. The number of ketones is 1.